The maximum absolute atomic E-state index is 12.8. The van der Waals surface area contributed by atoms with Gasteiger partial charge >= 0.3 is 5.97 Å². The molecule has 2 aromatic carbocycles. The fraction of sp³-hybridized carbons (Fsp3) is 0.333. The minimum absolute atomic E-state index is 0.0249. The Morgan fingerprint density at radius 3 is 2.27 bits per heavy atom. The molecule has 16 heteroatoms. The molecule has 12 N–H and O–H groups in total. The van der Waals surface area contributed by atoms with Crippen molar-refractivity contribution in [2.75, 3.05) is 18.0 Å². The highest BCUT2D eigenvalue weighted by molar-refractivity contribution is 6.08. The van der Waals surface area contributed by atoms with Gasteiger partial charge in [-0.15, -0.1) is 5.10 Å². The van der Waals surface area contributed by atoms with E-state index in [0.717, 1.165) is 11.1 Å². The summed E-state index contributed by atoms with van der Waals surface area (Å²) in [5, 5.41) is 18.7. The van der Waals surface area contributed by atoms with Crippen LogP contribution in [0.15, 0.2) is 53.8 Å². The number of carbonyl (C=O) groups is 3. The van der Waals surface area contributed by atoms with Crippen molar-refractivity contribution in [1.82, 2.24) is 36.1 Å². The molecule has 0 fully saturated rings. The van der Waals surface area contributed by atoms with Crippen LogP contribution in [-0.4, -0.2) is 61.2 Å². The minimum atomic E-state index is -1.18. The minimum Gasteiger partial charge on any atom is -0.480 e. The van der Waals surface area contributed by atoms with Gasteiger partial charge in [0.2, 0.25) is 5.95 Å². The topological polar surface area (TPSA) is 276 Å². The smallest absolute Gasteiger partial charge is 0.326 e. The van der Waals surface area contributed by atoms with Gasteiger partial charge in [-0.05, 0) is 62.4 Å². The molecule has 1 atom stereocenters. The van der Waals surface area contributed by atoms with Crippen LogP contribution in [0.2, 0.25) is 0 Å². The number of hydrazone groups is 1. The molecule has 0 spiro atoms. The van der Waals surface area contributed by atoms with Crippen molar-refractivity contribution in [2.45, 2.75) is 66.3 Å². The summed E-state index contributed by atoms with van der Waals surface area (Å²) in [5.74, 6) is 3.30. The van der Waals surface area contributed by atoms with Crippen LogP contribution in [0.5, 0.6) is 0 Å². The zero-order chi connectivity index (χ0) is 36.5. The van der Waals surface area contributed by atoms with Crippen LogP contribution in [0.4, 0.5) is 11.8 Å². The van der Waals surface area contributed by atoms with Crippen molar-refractivity contribution in [3.05, 3.63) is 82.2 Å². The number of amides is 2. The number of aliphatic carboxylic acids is 1. The number of nitrogen functional groups attached to an aromatic ring is 2. The Kier molecular flexibility index (Phi) is 15.8. The lowest BCUT2D eigenvalue weighted by molar-refractivity contribution is -0.139. The normalized spacial score (nSPS) is 11.3. The number of aromatic nitrogens is 4. The Labute approximate surface area is 285 Å². The lowest BCUT2D eigenvalue weighted by Gasteiger charge is -2.15. The van der Waals surface area contributed by atoms with Crippen molar-refractivity contribution in [1.29, 1.82) is 0 Å². The first-order valence-corrected chi connectivity index (χ1v) is 15.9. The van der Waals surface area contributed by atoms with Crippen molar-refractivity contribution in [3.8, 4) is 0 Å². The fourth-order valence-corrected chi connectivity index (χ4v) is 4.50. The monoisotopic (exact) mass is 674 g/mol. The summed E-state index contributed by atoms with van der Waals surface area (Å²) in [5.41, 5.74) is 23.7. The number of anilines is 2. The molecule has 0 saturated carbocycles. The van der Waals surface area contributed by atoms with Gasteiger partial charge in [0.1, 0.15) is 6.04 Å². The van der Waals surface area contributed by atoms with Crippen molar-refractivity contribution < 1.29 is 19.5 Å². The Hall–Kier alpha value is -5.90. The number of rotatable bonds is 13. The van der Waals surface area contributed by atoms with Crippen LogP contribution in [-0.2, 0) is 17.6 Å². The van der Waals surface area contributed by atoms with E-state index in [1.54, 1.807) is 48.7 Å². The lowest BCUT2D eigenvalue weighted by Crippen LogP contribution is -2.41. The number of carbonyl (C=O) groups excluding carboxylic acids is 2. The molecule has 2 heterocycles. The van der Waals surface area contributed by atoms with E-state index in [2.05, 4.69) is 41.2 Å². The number of carboxylic acids is 1. The number of hydrazine groups is 1. The van der Waals surface area contributed by atoms with Gasteiger partial charge < -0.3 is 32.9 Å². The first-order chi connectivity index (χ1) is 23.5. The second-order valence-corrected chi connectivity index (χ2v) is 10.1. The number of nitrogens with one attached hydrogen (secondary N) is 3. The van der Waals surface area contributed by atoms with Gasteiger partial charge in [0.15, 0.2) is 22.8 Å². The van der Waals surface area contributed by atoms with Gasteiger partial charge in [0.25, 0.3) is 11.8 Å². The summed E-state index contributed by atoms with van der Waals surface area (Å²) in [6, 6.07) is 10.7. The molecule has 2 aromatic heterocycles. The number of carboxylic acid groups (broad SMARTS) is 1. The van der Waals surface area contributed by atoms with E-state index in [9.17, 15) is 19.5 Å². The van der Waals surface area contributed by atoms with Crippen LogP contribution < -0.4 is 39.2 Å². The largest absolute Gasteiger partial charge is 0.480 e. The maximum Gasteiger partial charge on any atom is 0.326 e. The average molecular weight is 675 g/mol. The van der Waals surface area contributed by atoms with Gasteiger partial charge in [-0.25, -0.2) is 26.1 Å². The predicted octanol–water partition coefficient (Wildman–Crippen LogP) is 2.21. The Bertz CT molecular complexity index is 1750. The van der Waals surface area contributed by atoms with Crippen molar-refractivity contribution >= 4 is 46.5 Å². The number of nitrogens with zero attached hydrogens (tertiary/aromatic N) is 5. The van der Waals surface area contributed by atoms with E-state index >= 15 is 0 Å². The summed E-state index contributed by atoms with van der Waals surface area (Å²) in [6.45, 7) is 10.0. The number of benzene rings is 2. The molecule has 2 amide bonds. The Morgan fingerprint density at radius 1 is 0.918 bits per heavy atom. The first kappa shape index (κ1) is 39.3. The zero-order valence-corrected chi connectivity index (χ0v) is 28.4. The van der Waals surface area contributed by atoms with Gasteiger partial charge in [0, 0.05) is 17.7 Å². The van der Waals surface area contributed by atoms with Gasteiger partial charge in [-0.1, -0.05) is 51.5 Å². The summed E-state index contributed by atoms with van der Waals surface area (Å²) in [7, 11) is 0. The molecular weight excluding hydrogens is 628 g/mol. The third-order valence-corrected chi connectivity index (χ3v) is 6.83. The molecular formula is C33H46N12O4. The molecule has 0 saturated heterocycles. The molecule has 4 aromatic rings. The van der Waals surface area contributed by atoms with Crippen molar-refractivity contribution in [3.63, 3.8) is 0 Å². The third-order valence-electron chi connectivity index (χ3n) is 6.83. The van der Waals surface area contributed by atoms with E-state index in [0.29, 0.717) is 52.8 Å². The van der Waals surface area contributed by atoms with Crippen LogP contribution in [0, 0.1) is 6.92 Å². The van der Waals surface area contributed by atoms with Crippen LogP contribution in [0.3, 0.4) is 0 Å². The molecule has 4 rings (SSSR count). The standard InChI is InChI=1S/C29H34N12O4.2C2H6/c1-15-4-11-19(20(13-15)23(30)40-41-33)27(43)34-12-2-3-21(28(44)45)37-26(42)17-8-5-16(6-9-17)7-10-18-14-35-25-22(36-18)24(31)38-29(32)39-25;2*1-2/h4-6,8-9,11,13-14,21,41H,2-3,7,10,12,33H2,1H3,(H2,30,40)(H,34,43)(H,37,42)(H,44,45)(H4,31,32,35,38,39);2*1-2H3. The highest BCUT2D eigenvalue weighted by atomic mass is 16.4. The number of nitrogens with two attached hydrogens (primary N) is 4. The van der Waals surface area contributed by atoms with E-state index in [1.807, 2.05) is 34.6 Å². The molecule has 0 aliphatic carbocycles. The number of amidine groups is 1. The molecule has 0 bridgehead atoms. The van der Waals surface area contributed by atoms with E-state index in [1.165, 1.54) is 0 Å². The SMILES string of the molecule is CC.CC.Cc1ccc(C(=O)NCCCC(NC(=O)c2ccc(CCc3cnc4nc(N)nc(N)c4n3)cc2)C(=O)O)c(/C(N)=N/NN)c1. The molecule has 0 radical (unpaired) electrons. The average Bonchev–Trinajstić information content (AvgIpc) is 3.10. The quantitative estimate of drug-likeness (QED) is 0.0332. The molecule has 0 aliphatic heterocycles. The number of fused-ring (bicyclic) bond motifs is 1. The summed E-state index contributed by atoms with van der Waals surface area (Å²) in [6.07, 6.45) is 3.14. The second-order valence-electron chi connectivity index (χ2n) is 10.1. The third kappa shape index (κ3) is 11.4. The van der Waals surface area contributed by atoms with E-state index < -0.39 is 23.8 Å². The van der Waals surface area contributed by atoms with Crippen LogP contribution in [0.25, 0.3) is 11.2 Å². The van der Waals surface area contributed by atoms with Crippen LogP contribution >= 0.6 is 0 Å². The summed E-state index contributed by atoms with van der Waals surface area (Å²) < 4.78 is 0. The van der Waals surface area contributed by atoms with Crippen LogP contribution in [0.1, 0.15) is 83.6 Å². The molecule has 262 valence electrons. The number of hydrogen-bond donors (Lipinski definition) is 8. The van der Waals surface area contributed by atoms with Crippen molar-refractivity contribution in [2.24, 2.45) is 16.7 Å². The summed E-state index contributed by atoms with van der Waals surface area (Å²) in [4.78, 5) is 54.1. The number of aryl methyl sites for hydroxylation is 3. The Morgan fingerprint density at radius 2 is 1.61 bits per heavy atom. The first-order valence-electron chi connectivity index (χ1n) is 15.9. The van der Waals surface area contributed by atoms with E-state index in [-0.39, 0.29) is 30.6 Å². The lowest BCUT2D eigenvalue weighted by atomic mass is 10.0. The molecule has 49 heavy (non-hydrogen) atoms. The Balaban J connectivity index is 0.00000201. The highest BCUT2D eigenvalue weighted by Crippen LogP contribution is 2.16. The molecule has 16 nitrogen and oxygen atoms in total. The number of hydrogen-bond acceptors (Lipinski definition) is 12. The maximum atomic E-state index is 12.8. The molecule has 1 unspecified atom stereocenters. The molecule has 0 aliphatic rings. The fourth-order valence-electron chi connectivity index (χ4n) is 4.50. The van der Waals surface area contributed by atoms with Gasteiger partial charge in [-0.3, -0.25) is 9.59 Å². The zero-order valence-electron chi connectivity index (χ0n) is 28.4. The highest BCUT2D eigenvalue weighted by Gasteiger charge is 2.21. The van der Waals surface area contributed by atoms with E-state index in [4.69, 9.17) is 23.0 Å². The summed E-state index contributed by atoms with van der Waals surface area (Å²) >= 11 is 0. The van der Waals surface area contributed by atoms with Gasteiger partial charge in [-0.2, -0.15) is 9.97 Å². The predicted molar refractivity (Wildman–Crippen MR) is 190 cm³/mol. The second kappa shape index (κ2) is 19.7. The van der Waals surface area contributed by atoms with Gasteiger partial charge in [0.05, 0.1) is 17.5 Å².